The SMILES string of the molecule is COC(=O)N(Cc1cccc(-c2ccc(N3CCOCC3)c(NC(=O)c3cccs3)c2)c1)C1CCC(N)CC1. The average molecular weight is 549 g/mol. The zero-order valence-electron chi connectivity index (χ0n) is 22.3. The van der Waals surface area contributed by atoms with Crippen LogP contribution < -0.4 is 16.0 Å². The van der Waals surface area contributed by atoms with E-state index in [9.17, 15) is 9.59 Å². The minimum absolute atomic E-state index is 0.118. The van der Waals surface area contributed by atoms with Crippen LogP contribution in [0.15, 0.2) is 60.0 Å². The van der Waals surface area contributed by atoms with Crippen molar-refractivity contribution in [2.24, 2.45) is 5.73 Å². The number of ether oxygens (including phenoxy) is 2. The average Bonchev–Trinajstić information content (AvgIpc) is 3.52. The molecule has 1 aliphatic heterocycles. The number of methoxy groups -OCH3 is 1. The normalized spacial score (nSPS) is 19.4. The third-order valence-electron chi connectivity index (χ3n) is 7.55. The van der Waals surface area contributed by atoms with E-state index < -0.39 is 0 Å². The first-order chi connectivity index (χ1) is 19.0. The van der Waals surface area contributed by atoms with Gasteiger partial charge in [-0.25, -0.2) is 4.79 Å². The summed E-state index contributed by atoms with van der Waals surface area (Å²) >= 11 is 1.42. The Balaban J connectivity index is 1.41. The Morgan fingerprint density at radius 1 is 1.05 bits per heavy atom. The van der Waals surface area contributed by atoms with Crippen LogP contribution in [0, 0.1) is 0 Å². The first-order valence-corrected chi connectivity index (χ1v) is 14.4. The summed E-state index contributed by atoms with van der Waals surface area (Å²) in [6, 6.07) is 18.4. The van der Waals surface area contributed by atoms with Gasteiger partial charge >= 0.3 is 6.09 Å². The monoisotopic (exact) mass is 548 g/mol. The Hall–Kier alpha value is -3.40. The summed E-state index contributed by atoms with van der Waals surface area (Å²) in [4.78, 5) is 30.4. The Kier molecular flexibility index (Phi) is 8.81. The summed E-state index contributed by atoms with van der Waals surface area (Å²) in [7, 11) is 1.43. The topological polar surface area (TPSA) is 97.1 Å². The third kappa shape index (κ3) is 6.61. The van der Waals surface area contributed by atoms with E-state index in [1.165, 1.54) is 18.4 Å². The lowest BCUT2D eigenvalue weighted by atomic mass is 9.90. The number of morpholine rings is 1. The molecule has 1 aromatic heterocycles. The summed E-state index contributed by atoms with van der Waals surface area (Å²) in [5, 5.41) is 5.05. The van der Waals surface area contributed by atoms with Gasteiger partial charge in [-0.15, -0.1) is 11.3 Å². The van der Waals surface area contributed by atoms with E-state index in [1.54, 1.807) is 0 Å². The maximum atomic E-state index is 13.0. The van der Waals surface area contributed by atoms with Crippen molar-refractivity contribution in [3.63, 3.8) is 0 Å². The molecule has 5 rings (SSSR count). The van der Waals surface area contributed by atoms with Gasteiger partial charge in [0, 0.05) is 31.7 Å². The van der Waals surface area contributed by atoms with E-state index in [2.05, 4.69) is 34.5 Å². The van der Waals surface area contributed by atoms with Crippen LogP contribution in [-0.2, 0) is 16.0 Å². The number of nitrogens with two attached hydrogens (primary N) is 1. The number of anilines is 2. The summed E-state index contributed by atoms with van der Waals surface area (Å²) in [6.45, 7) is 3.32. The van der Waals surface area contributed by atoms with Crippen LogP contribution in [-0.4, -0.2) is 62.4 Å². The van der Waals surface area contributed by atoms with Crippen molar-refractivity contribution >= 4 is 34.7 Å². The van der Waals surface area contributed by atoms with Gasteiger partial charge < -0.3 is 30.3 Å². The Labute approximate surface area is 233 Å². The van der Waals surface area contributed by atoms with Gasteiger partial charge in [0.15, 0.2) is 0 Å². The maximum absolute atomic E-state index is 13.0. The molecule has 2 aromatic carbocycles. The minimum Gasteiger partial charge on any atom is -0.453 e. The van der Waals surface area contributed by atoms with Crippen LogP contribution in [0.3, 0.4) is 0 Å². The second-order valence-electron chi connectivity index (χ2n) is 10.1. The zero-order chi connectivity index (χ0) is 27.2. The Morgan fingerprint density at radius 3 is 2.54 bits per heavy atom. The molecule has 2 amide bonds. The van der Waals surface area contributed by atoms with Crippen LogP contribution >= 0.6 is 11.3 Å². The molecular weight excluding hydrogens is 512 g/mol. The fourth-order valence-electron chi connectivity index (χ4n) is 5.41. The van der Waals surface area contributed by atoms with E-state index in [0.29, 0.717) is 24.6 Å². The summed E-state index contributed by atoms with van der Waals surface area (Å²) in [5.41, 5.74) is 10.9. The van der Waals surface area contributed by atoms with Crippen molar-refractivity contribution < 1.29 is 19.1 Å². The first-order valence-electron chi connectivity index (χ1n) is 13.5. The fraction of sp³-hybridized carbons (Fsp3) is 0.400. The predicted octanol–water partition coefficient (Wildman–Crippen LogP) is 5.34. The van der Waals surface area contributed by atoms with Gasteiger partial charge in [0.2, 0.25) is 0 Å². The number of nitrogens with zero attached hydrogens (tertiary/aromatic N) is 2. The van der Waals surface area contributed by atoms with Crippen LogP contribution in [0.4, 0.5) is 16.2 Å². The van der Waals surface area contributed by atoms with Gasteiger partial charge in [-0.05, 0) is 72.0 Å². The highest BCUT2D eigenvalue weighted by Crippen LogP contribution is 2.34. The third-order valence-corrected chi connectivity index (χ3v) is 8.41. The lowest BCUT2D eigenvalue weighted by Gasteiger charge is -2.35. The highest BCUT2D eigenvalue weighted by atomic mass is 32.1. The molecule has 1 aliphatic carbocycles. The molecule has 39 heavy (non-hydrogen) atoms. The number of hydrogen-bond acceptors (Lipinski definition) is 7. The molecule has 0 bridgehead atoms. The van der Waals surface area contributed by atoms with E-state index >= 15 is 0 Å². The Bertz CT molecular complexity index is 1270. The standard InChI is InChI=1S/C30H36N4O4S/c1-37-30(36)34(25-10-8-24(31)9-11-25)20-21-4-2-5-22(18-21)23-7-12-27(33-13-15-38-16-14-33)26(19-23)32-29(35)28-6-3-17-39-28/h2-7,12,17-19,24-25H,8-11,13-16,20,31H2,1H3,(H,32,35). The molecule has 2 fully saturated rings. The Morgan fingerprint density at radius 2 is 1.82 bits per heavy atom. The number of hydrogen-bond donors (Lipinski definition) is 2. The molecule has 9 heteroatoms. The van der Waals surface area contributed by atoms with Crippen molar-refractivity contribution in [1.29, 1.82) is 0 Å². The fourth-order valence-corrected chi connectivity index (χ4v) is 6.03. The summed E-state index contributed by atoms with van der Waals surface area (Å²) < 4.78 is 10.7. The van der Waals surface area contributed by atoms with Crippen LogP contribution in [0.2, 0.25) is 0 Å². The molecule has 0 unspecified atom stereocenters. The van der Waals surface area contributed by atoms with Crippen LogP contribution in [0.5, 0.6) is 0 Å². The second-order valence-corrected chi connectivity index (χ2v) is 11.1. The molecule has 8 nitrogen and oxygen atoms in total. The number of rotatable bonds is 7. The van der Waals surface area contributed by atoms with Gasteiger partial charge in [0.25, 0.3) is 5.91 Å². The molecule has 1 saturated carbocycles. The van der Waals surface area contributed by atoms with Gasteiger partial charge in [0.05, 0.1) is 36.6 Å². The van der Waals surface area contributed by atoms with E-state index in [4.69, 9.17) is 15.2 Å². The predicted molar refractivity (Wildman–Crippen MR) is 155 cm³/mol. The number of amides is 2. The van der Waals surface area contributed by atoms with Gasteiger partial charge in [0.1, 0.15) is 0 Å². The van der Waals surface area contributed by atoms with E-state index in [0.717, 1.165) is 66.8 Å². The molecule has 0 spiro atoms. The van der Waals surface area contributed by atoms with E-state index in [1.807, 2.05) is 40.6 Å². The quantitative estimate of drug-likeness (QED) is 0.414. The van der Waals surface area contributed by atoms with Crippen LogP contribution in [0.25, 0.3) is 11.1 Å². The summed E-state index contributed by atoms with van der Waals surface area (Å²) in [6.07, 6.45) is 3.27. The molecule has 0 atom stereocenters. The lowest BCUT2D eigenvalue weighted by molar-refractivity contribution is 0.0879. The number of nitrogens with one attached hydrogen (secondary N) is 1. The lowest BCUT2D eigenvalue weighted by Crippen LogP contribution is -2.43. The van der Waals surface area contributed by atoms with Crippen LogP contribution in [0.1, 0.15) is 40.9 Å². The highest BCUT2D eigenvalue weighted by molar-refractivity contribution is 7.12. The van der Waals surface area contributed by atoms with Gasteiger partial charge in [-0.2, -0.15) is 0 Å². The van der Waals surface area contributed by atoms with Crippen molar-refractivity contribution in [3.8, 4) is 11.1 Å². The first kappa shape index (κ1) is 27.2. The van der Waals surface area contributed by atoms with Crippen molar-refractivity contribution in [1.82, 2.24) is 4.90 Å². The highest BCUT2D eigenvalue weighted by Gasteiger charge is 2.28. The molecule has 3 N–H and O–H groups in total. The molecule has 3 aromatic rings. The number of benzene rings is 2. The largest absolute Gasteiger partial charge is 0.453 e. The van der Waals surface area contributed by atoms with E-state index in [-0.39, 0.29) is 24.1 Å². The molecule has 206 valence electrons. The minimum atomic E-state index is -0.311. The number of carbonyl (C=O) groups is 2. The summed E-state index contributed by atoms with van der Waals surface area (Å²) in [5.74, 6) is -0.119. The molecule has 2 aliphatic rings. The molecule has 2 heterocycles. The number of carbonyl (C=O) groups excluding carboxylic acids is 2. The van der Waals surface area contributed by atoms with Crippen molar-refractivity contribution in [2.45, 2.75) is 44.3 Å². The molecule has 0 radical (unpaired) electrons. The molecular formula is C30H36N4O4S. The van der Waals surface area contributed by atoms with Crippen molar-refractivity contribution in [2.75, 3.05) is 43.6 Å². The smallest absolute Gasteiger partial charge is 0.410 e. The molecule has 1 saturated heterocycles. The zero-order valence-corrected chi connectivity index (χ0v) is 23.1. The number of thiophene rings is 1. The maximum Gasteiger partial charge on any atom is 0.410 e. The van der Waals surface area contributed by atoms with Gasteiger partial charge in [-0.1, -0.05) is 30.3 Å². The van der Waals surface area contributed by atoms with Gasteiger partial charge in [-0.3, -0.25) is 4.79 Å². The second kappa shape index (κ2) is 12.6. The van der Waals surface area contributed by atoms with Crippen molar-refractivity contribution in [3.05, 3.63) is 70.4 Å².